The summed E-state index contributed by atoms with van der Waals surface area (Å²) in [5.74, 6) is -0.0740. The molecule has 0 aliphatic heterocycles. The highest BCUT2D eigenvalue weighted by molar-refractivity contribution is 5.81. The number of amides is 2. The second kappa shape index (κ2) is 10.3. The zero-order valence-corrected chi connectivity index (χ0v) is 17.7. The van der Waals surface area contributed by atoms with Gasteiger partial charge < -0.3 is 21.1 Å². The number of unbranched alkanes of at least 4 members (excludes halogenated alkanes) is 1. The molecule has 0 fully saturated rings. The third-order valence-corrected chi connectivity index (χ3v) is 5.32. The first-order valence-electron chi connectivity index (χ1n) is 10.6. The van der Waals surface area contributed by atoms with Gasteiger partial charge in [0.25, 0.3) is 0 Å². The van der Waals surface area contributed by atoms with Gasteiger partial charge in [-0.15, -0.1) is 0 Å². The molecule has 0 bridgehead atoms. The van der Waals surface area contributed by atoms with Gasteiger partial charge in [-0.2, -0.15) is 0 Å². The summed E-state index contributed by atoms with van der Waals surface area (Å²) in [6.07, 6.45) is 1.67. The molecule has 1 aliphatic rings. The van der Waals surface area contributed by atoms with Gasteiger partial charge in [-0.05, 0) is 55.4 Å². The van der Waals surface area contributed by atoms with Crippen LogP contribution < -0.4 is 16.4 Å². The van der Waals surface area contributed by atoms with Crippen LogP contribution in [0.1, 0.15) is 50.2 Å². The van der Waals surface area contributed by atoms with Crippen molar-refractivity contribution in [2.45, 2.75) is 51.1 Å². The lowest BCUT2D eigenvalue weighted by Crippen LogP contribution is -2.43. The van der Waals surface area contributed by atoms with E-state index in [4.69, 9.17) is 10.5 Å². The Kier molecular flexibility index (Phi) is 7.46. The Labute approximate surface area is 178 Å². The number of rotatable bonds is 9. The van der Waals surface area contributed by atoms with E-state index in [9.17, 15) is 9.59 Å². The summed E-state index contributed by atoms with van der Waals surface area (Å²) in [7, 11) is 0. The molecule has 1 unspecified atom stereocenters. The summed E-state index contributed by atoms with van der Waals surface area (Å²) in [4.78, 5) is 23.9. The van der Waals surface area contributed by atoms with E-state index in [0.29, 0.717) is 19.6 Å². The van der Waals surface area contributed by atoms with E-state index in [2.05, 4.69) is 34.9 Å². The molecule has 2 aromatic rings. The van der Waals surface area contributed by atoms with Crippen LogP contribution in [-0.4, -0.2) is 37.2 Å². The van der Waals surface area contributed by atoms with Crippen molar-refractivity contribution in [2.24, 2.45) is 5.73 Å². The molecule has 0 saturated carbocycles. The highest BCUT2D eigenvalue weighted by Gasteiger charge is 2.28. The molecule has 0 spiro atoms. The Hall–Kier alpha value is -2.86. The lowest BCUT2D eigenvalue weighted by atomic mass is 9.98. The smallest absolute Gasteiger partial charge is 0.407 e. The minimum atomic E-state index is -0.512. The van der Waals surface area contributed by atoms with Crippen molar-refractivity contribution in [3.63, 3.8) is 0 Å². The molecule has 1 aliphatic carbocycles. The second-order valence-corrected chi connectivity index (χ2v) is 8.02. The Morgan fingerprint density at radius 1 is 1.00 bits per heavy atom. The number of nitrogens with two attached hydrogens (primary N) is 1. The number of benzene rings is 2. The monoisotopic (exact) mass is 409 g/mol. The SMILES string of the molecule is CC(C)NC(=O)C(N)CCCCNC(=O)OCC1c2ccccc2-c2ccccc21. The molecule has 30 heavy (non-hydrogen) atoms. The third-order valence-electron chi connectivity index (χ3n) is 5.32. The number of carbonyl (C=O) groups is 2. The first-order chi connectivity index (χ1) is 14.5. The molecule has 6 nitrogen and oxygen atoms in total. The van der Waals surface area contributed by atoms with Gasteiger partial charge >= 0.3 is 6.09 Å². The average molecular weight is 410 g/mol. The van der Waals surface area contributed by atoms with Crippen LogP contribution in [0.5, 0.6) is 0 Å². The minimum Gasteiger partial charge on any atom is -0.449 e. The molecule has 3 rings (SSSR count). The summed E-state index contributed by atoms with van der Waals surface area (Å²) in [6.45, 7) is 4.61. The zero-order valence-electron chi connectivity index (χ0n) is 17.7. The predicted octanol–water partition coefficient (Wildman–Crippen LogP) is 3.55. The summed E-state index contributed by atoms with van der Waals surface area (Å²) in [5.41, 5.74) is 10.7. The first-order valence-corrected chi connectivity index (χ1v) is 10.6. The van der Waals surface area contributed by atoms with Crippen molar-refractivity contribution in [3.8, 4) is 11.1 Å². The molecule has 0 aromatic heterocycles. The lowest BCUT2D eigenvalue weighted by Gasteiger charge is -2.15. The normalized spacial score (nSPS) is 13.5. The summed E-state index contributed by atoms with van der Waals surface area (Å²) in [6, 6.07) is 16.1. The van der Waals surface area contributed by atoms with Crippen LogP contribution in [0.2, 0.25) is 0 Å². The molecule has 2 aromatic carbocycles. The van der Waals surface area contributed by atoms with Crippen molar-refractivity contribution in [3.05, 3.63) is 59.7 Å². The van der Waals surface area contributed by atoms with Gasteiger partial charge in [0.2, 0.25) is 5.91 Å². The van der Waals surface area contributed by atoms with Gasteiger partial charge in [-0.1, -0.05) is 48.5 Å². The van der Waals surface area contributed by atoms with Gasteiger partial charge in [0, 0.05) is 18.5 Å². The minimum absolute atomic E-state index is 0.0561. The van der Waals surface area contributed by atoms with E-state index in [1.165, 1.54) is 22.3 Å². The van der Waals surface area contributed by atoms with Crippen LogP contribution in [0, 0.1) is 0 Å². The third kappa shape index (κ3) is 5.39. The number of nitrogens with one attached hydrogen (secondary N) is 2. The molecule has 0 radical (unpaired) electrons. The highest BCUT2D eigenvalue weighted by Crippen LogP contribution is 2.44. The van der Waals surface area contributed by atoms with Gasteiger partial charge in [0.1, 0.15) is 6.61 Å². The van der Waals surface area contributed by atoms with Gasteiger partial charge in [0.15, 0.2) is 0 Å². The summed E-state index contributed by atoms with van der Waals surface area (Å²) < 4.78 is 5.51. The van der Waals surface area contributed by atoms with Gasteiger partial charge in [-0.3, -0.25) is 4.79 Å². The molecular formula is C24H31N3O3. The number of hydrogen-bond donors (Lipinski definition) is 3. The summed E-state index contributed by atoms with van der Waals surface area (Å²) >= 11 is 0. The van der Waals surface area contributed by atoms with E-state index in [1.807, 2.05) is 38.1 Å². The van der Waals surface area contributed by atoms with E-state index < -0.39 is 12.1 Å². The fraction of sp³-hybridized carbons (Fsp3) is 0.417. The van der Waals surface area contributed by atoms with Crippen molar-refractivity contribution in [2.75, 3.05) is 13.2 Å². The van der Waals surface area contributed by atoms with E-state index in [1.54, 1.807) is 0 Å². The second-order valence-electron chi connectivity index (χ2n) is 8.02. The topological polar surface area (TPSA) is 93.5 Å². The molecule has 4 N–H and O–H groups in total. The van der Waals surface area contributed by atoms with Crippen LogP contribution in [0.15, 0.2) is 48.5 Å². The quantitative estimate of drug-likeness (QED) is 0.552. The molecule has 6 heteroatoms. The molecule has 0 saturated heterocycles. The Morgan fingerprint density at radius 3 is 2.20 bits per heavy atom. The van der Waals surface area contributed by atoms with E-state index in [-0.39, 0.29) is 17.9 Å². The van der Waals surface area contributed by atoms with Crippen molar-refractivity contribution >= 4 is 12.0 Å². The van der Waals surface area contributed by atoms with Crippen LogP contribution in [0.4, 0.5) is 4.79 Å². The highest BCUT2D eigenvalue weighted by atomic mass is 16.5. The molecule has 2 amide bonds. The lowest BCUT2D eigenvalue weighted by molar-refractivity contribution is -0.123. The van der Waals surface area contributed by atoms with Crippen molar-refractivity contribution < 1.29 is 14.3 Å². The molecule has 0 heterocycles. The van der Waals surface area contributed by atoms with Gasteiger partial charge in [0.05, 0.1) is 6.04 Å². The van der Waals surface area contributed by atoms with E-state index in [0.717, 1.165) is 12.8 Å². The molecule has 1 atom stereocenters. The predicted molar refractivity (Wildman–Crippen MR) is 118 cm³/mol. The fourth-order valence-corrected chi connectivity index (χ4v) is 3.85. The number of fused-ring (bicyclic) bond motifs is 3. The fourth-order valence-electron chi connectivity index (χ4n) is 3.85. The maximum atomic E-state index is 12.1. The van der Waals surface area contributed by atoms with Crippen molar-refractivity contribution in [1.29, 1.82) is 0 Å². The van der Waals surface area contributed by atoms with Crippen LogP contribution >= 0.6 is 0 Å². The Morgan fingerprint density at radius 2 is 1.60 bits per heavy atom. The molecule has 160 valence electrons. The number of carbonyl (C=O) groups excluding carboxylic acids is 2. The van der Waals surface area contributed by atoms with Gasteiger partial charge in [-0.25, -0.2) is 4.79 Å². The Balaban J connectivity index is 1.40. The number of ether oxygens (including phenoxy) is 1. The van der Waals surface area contributed by atoms with Crippen molar-refractivity contribution in [1.82, 2.24) is 10.6 Å². The zero-order chi connectivity index (χ0) is 21.5. The average Bonchev–Trinajstić information content (AvgIpc) is 3.05. The van der Waals surface area contributed by atoms with E-state index >= 15 is 0 Å². The maximum Gasteiger partial charge on any atom is 0.407 e. The Bertz CT molecular complexity index is 836. The van der Waals surface area contributed by atoms with Crippen LogP contribution in [0.3, 0.4) is 0 Å². The first kappa shape index (κ1) is 21.8. The molecular weight excluding hydrogens is 378 g/mol. The standard InChI is InChI=1S/C24H31N3O3/c1-16(2)27-23(28)22(25)13-7-8-14-26-24(29)30-15-21-19-11-5-3-9-17(19)18-10-4-6-12-20(18)21/h3-6,9-12,16,21-22H,7-8,13-15,25H2,1-2H3,(H,26,29)(H,27,28). The maximum absolute atomic E-state index is 12.1. The van der Waals surface area contributed by atoms with Crippen LogP contribution in [0.25, 0.3) is 11.1 Å². The largest absolute Gasteiger partial charge is 0.449 e. The van der Waals surface area contributed by atoms with Crippen LogP contribution in [-0.2, 0) is 9.53 Å². The summed E-state index contributed by atoms with van der Waals surface area (Å²) in [5, 5.41) is 5.59. The number of hydrogen-bond acceptors (Lipinski definition) is 4. The number of alkyl carbamates (subject to hydrolysis) is 1.